The summed E-state index contributed by atoms with van der Waals surface area (Å²) in [5.41, 5.74) is 5.44. The smallest absolute Gasteiger partial charge is 0.320 e. The van der Waals surface area contributed by atoms with E-state index in [1.165, 1.54) is 44.9 Å². The monoisotopic (exact) mass is 257 g/mol. The van der Waals surface area contributed by atoms with Crippen LogP contribution in [-0.4, -0.2) is 17.1 Å². The minimum atomic E-state index is -0.875. The molecule has 0 aliphatic carbocycles. The second-order valence-corrected chi connectivity index (χ2v) is 5.74. The summed E-state index contributed by atoms with van der Waals surface area (Å²) in [5, 5.41) is 8.62. The number of hydrogen-bond donors (Lipinski definition) is 2. The largest absolute Gasteiger partial charge is 0.480 e. The zero-order chi connectivity index (χ0) is 13.8. The van der Waals surface area contributed by atoms with Crippen LogP contribution in [0.1, 0.15) is 78.1 Å². The van der Waals surface area contributed by atoms with Gasteiger partial charge in [-0.15, -0.1) is 0 Å². The second kappa shape index (κ2) is 11.5. The van der Waals surface area contributed by atoms with Gasteiger partial charge < -0.3 is 10.8 Å². The fourth-order valence-corrected chi connectivity index (χ4v) is 2.10. The van der Waals surface area contributed by atoms with E-state index < -0.39 is 12.0 Å². The fraction of sp³-hybridized carbons (Fsp3) is 0.933. The third-order valence-electron chi connectivity index (χ3n) is 3.36. The number of rotatable bonds is 12. The third kappa shape index (κ3) is 11.9. The molecule has 108 valence electrons. The minimum Gasteiger partial charge on any atom is -0.480 e. The van der Waals surface area contributed by atoms with Gasteiger partial charge in [0.25, 0.3) is 0 Å². The molecule has 0 aromatic carbocycles. The van der Waals surface area contributed by atoms with Gasteiger partial charge in [0.15, 0.2) is 0 Å². The topological polar surface area (TPSA) is 63.3 Å². The number of aliphatic carboxylic acids is 1. The summed E-state index contributed by atoms with van der Waals surface area (Å²) in [7, 11) is 0. The van der Waals surface area contributed by atoms with Crippen LogP contribution in [0.2, 0.25) is 0 Å². The van der Waals surface area contributed by atoms with Gasteiger partial charge in [0, 0.05) is 0 Å². The summed E-state index contributed by atoms with van der Waals surface area (Å²) in [5.74, 6) is -0.0383. The van der Waals surface area contributed by atoms with Crippen molar-refractivity contribution in [2.45, 2.75) is 84.1 Å². The molecule has 0 rings (SSSR count). The Bertz CT molecular complexity index is 205. The highest BCUT2D eigenvalue weighted by Gasteiger charge is 2.09. The average Bonchev–Trinajstić information content (AvgIpc) is 2.30. The van der Waals surface area contributed by atoms with E-state index in [4.69, 9.17) is 10.8 Å². The molecule has 0 bridgehead atoms. The molecule has 3 nitrogen and oxygen atoms in total. The lowest BCUT2D eigenvalue weighted by molar-refractivity contribution is -0.138. The molecule has 0 aromatic heterocycles. The molecule has 3 N–H and O–H groups in total. The number of carbonyl (C=O) groups is 1. The first kappa shape index (κ1) is 17.4. The van der Waals surface area contributed by atoms with E-state index in [9.17, 15) is 4.79 Å². The van der Waals surface area contributed by atoms with Crippen LogP contribution < -0.4 is 5.73 Å². The highest BCUT2D eigenvalue weighted by Crippen LogP contribution is 2.13. The predicted molar refractivity (Wildman–Crippen MR) is 76.6 cm³/mol. The van der Waals surface area contributed by atoms with Gasteiger partial charge in [-0.2, -0.15) is 0 Å². The van der Waals surface area contributed by atoms with Crippen molar-refractivity contribution in [2.24, 2.45) is 11.7 Å². The first-order valence-corrected chi connectivity index (χ1v) is 7.52. The van der Waals surface area contributed by atoms with Crippen LogP contribution in [0.25, 0.3) is 0 Å². The lowest BCUT2D eigenvalue weighted by atomic mass is 10.0. The first-order valence-electron chi connectivity index (χ1n) is 7.52. The number of carboxylic acid groups (broad SMARTS) is 1. The Balaban J connectivity index is 3.10. The van der Waals surface area contributed by atoms with Gasteiger partial charge in [-0.1, -0.05) is 71.6 Å². The van der Waals surface area contributed by atoms with Gasteiger partial charge >= 0.3 is 5.97 Å². The number of hydrogen-bond acceptors (Lipinski definition) is 2. The summed E-state index contributed by atoms with van der Waals surface area (Å²) in [6, 6.07) is -0.666. The van der Waals surface area contributed by atoms with Crippen LogP contribution in [0.5, 0.6) is 0 Å². The molecule has 0 aliphatic rings. The molecular weight excluding hydrogens is 226 g/mol. The predicted octanol–water partition coefficient (Wildman–Crippen LogP) is 3.96. The van der Waals surface area contributed by atoms with Gasteiger partial charge in [0.2, 0.25) is 0 Å². The van der Waals surface area contributed by atoms with Crippen LogP contribution in [0.4, 0.5) is 0 Å². The molecule has 1 unspecified atom stereocenters. The Morgan fingerprint density at radius 3 is 1.67 bits per heavy atom. The van der Waals surface area contributed by atoms with E-state index in [0.717, 1.165) is 18.8 Å². The maximum absolute atomic E-state index is 10.5. The molecule has 3 heteroatoms. The quantitative estimate of drug-likeness (QED) is 0.520. The van der Waals surface area contributed by atoms with Crippen molar-refractivity contribution in [3.63, 3.8) is 0 Å². The molecule has 1 atom stereocenters. The Kier molecular flexibility index (Phi) is 11.2. The Morgan fingerprint density at radius 2 is 1.28 bits per heavy atom. The molecule has 0 saturated heterocycles. The third-order valence-corrected chi connectivity index (χ3v) is 3.36. The van der Waals surface area contributed by atoms with Gasteiger partial charge in [-0.3, -0.25) is 4.79 Å². The molecular formula is C15H31NO2. The Labute approximate surface area is 112 Å². The molecule has 18 heavy (non-hydrogen) atoms. The minimum absolute atomic E-state index is 0.615. The van der Waals surface area contributed by atoms with Gasteiger partial charge in [0.05, 0.1) is 0 Å². The summed E-state index contributed by atoms with van der Waals surface area (Å²) < 4.78 is 0. The molecule has 0 aliphatic heterocycles. The summed E-state index contributed by atoms with van der Waals surface area (Å²) in [6.07, 6.45) is 11.9. The van der Waals surface area contributed by atoms with Crippen molar-refractivity contribution >= 4 is 5.97 Å². The van der Waals surface area contributed by atoms with E-state index in [0.29, 0.717) is 6.42 Å². The van der Waals surface area contributed by atoms with Gasteiger partial charge in [-0.25, -0.2) is 0 Å². The van der Waals surface area contributed by atoms with Crippen molar-refractivity contribution in [3.05, 3.63) is 0 Å². The highest BCUT2D eigenvalue weighted by molar-refractivity contribution is 5.72. The maximum atomic E-state index is 10.5. The van der Waals surface area contributed by atoms with Crippen molar-refractivity contribution in [1.82, 2.24) is 0 Å². The Morgan fingerprint density at radius 1 is 0.889 bits per heavy atom. The van der Waals surface area contributed by atoms with E-state index in [1.807, 2.05) is 0 Å². The first-order chi connectivity index (χ1) is 8.54. The molecule has 0 aromatic rings. The van der Waals surface area contributed by atoms with E-state index in [2.05, 4.69) is 13.8 Å². The molecule has 0 saturated carbocycles. The van der Waals surface area contributed by atoms with Crippen LogP contribution in [0, 0.1) is 5.92 Å². The van der Waals surface area contributed by atoms with Crippen LogP contribution >= 0.6 is 0 Å². The standard InChI is InChI=1S/C15H31NO2/c1-13(2)11-9-7-5-3-4-6-8-10-12-14(16)15(17)18/h13-14H,3-12,16H2,1-2H3,(H,17,18). The van der Waals surface area contributed by atoms with E-state index in [-0.39, 0.29) is 0 Å². The lowest BCUT2D eigenvalue weighted by Gasteiger charge is -2.06. The maximum Gasteiger partial charge on any atom is 0.320 e. The fourth-order valence-electron chi connectivity index (χ4n) is 2.10. The highest BCUT2D eigenvalue weighted by atomic mass is 16.4. The molecule has 0 spiro atoms. The normalized spacial score (nSPS) is 12.9. The summed E-state index contributed by atoms with van der Waals surface area (Å²) in [4.78, 5) is 10.5. The lowest BCUT2D eigenvalue weighted by Crippen LogP contribution is -2.29. The van der Waals surface area contributed by atoms with Gasteiger partial charge in [-0.05, 0) is 12.3 Å². The number of nitrogens with two attached hydrogens (primary N) is 1. The average molecular weight is 257 g/mol. The van der Waals surface area contributed by atoms with Crippen molar-refractivity contribution in [1.29, 1.82) is 0 Å². The summed E-state index contributed by atoms with van der Waals surface area (Å²) in [6.45, 7) is 4.56. The number of carboxylic acids is 1. The van der Waals surface area contributed by atoms with Crippen molar-refractivity contribution < 1.29 is 9.90 Å². The van der Waals surface area contributed by atoms with Crippen LogP contribution in [0.15, 0.2) is 0 Å². The molecule has 0 fully saturated rings. The Hall–Kier alpha value is -0.570. The second-order valence-electron chi connectivity index (χ2n) is 5.74. The van der Waals surface area contributed by atoms with Crippen LogP contribution in [0.3, 0.4) is 0 Å². The van der Waals surface area contributed by atoms with Crippen molar-refractivity contribution in [2.75, 3.05) is 0 Å². The SMILES string of the molecule is CC(C)CCCCCCCCCCC(N)C(=O)O. The molecule has 0 radical (unpaired) electrons. The zero-order valence-electron chi connectivity index (χ0n) is 12.2. The summed E-state index contributed by atoms with van der Waals surface area (Å²) >= 11 is 0. The van der Waals surface area contributed by atoms with E-state index in [1.54, 1.807) is 0 Å². The van der Waals surface area contributed by atoms with E-state index >= 15 is 0 Å². The van der Waals surface area contributed by atoms with Crippen molar-refractivity contribution in [3.8, 4) is 0 Å². The molecule has 0 heterocycles. The zero-order valence-corrected chi connectivity index (χ0v) is 12.2. The molecule has 0 amide bonds. The number of unbranched alkanes of at least 4 members (excludes halogenated alkanes) is 7. The van der Waals surface area contributed by atoms with Crippen LogP contribution in [-0.2, 0) is 4.79 Å². The van der Waals surface area contributed by atoms with Gasteiger partial charge in [0.1, 0.15) is 6.04 Å².